The second-order valence-electron chi connectivity index (χ2n) is 5.83. The van der Waals surface area contributed by atoms with Gasteiger partial charge < -0.3 is 5.11 Å². The standard InChI is InChI=1S/C15H21Cl2NO2/c1-10(11-6-5-7-12(16)14(11)17)18(15(2,3)4)9-8-13(19)20/h5-7,10H,8-9H2,1-4H3,(H,19,20). The number of carbonyl (C=O) groups is 1. The summed E-state index contributed by atoms with van der Waals surface area (Å²) in [6, 6.07) is 5.52. The number of benzene rings is 1. The lowest BCUT2D eigenvalue weighted by molar-refractivity contribution is -0.137. The maximum atomic E-state index is 10.8. The topological polar surface area (TPSA) is 40.5 Å². The van der Waals surface area contributed by atoms with E-state index < -0.39 is 5.97 Å². The van der Waals surface area contributed by atoms with Crippen molar-refractivity contribution in [3.63, 3.8) is 0 Å². The first kappa shape index (κ1) is 17.3. The zero-order chi connectivity index (χ0) is 15.5. The first-order valence-electron chi connectivity index (χ1n) is 6.57. The minimum Gasteiger partial charge on any atom is -0.481 e. The molecule has 0 aromatic heterocycles. The molecule has 20 heavy (non-hydrogen) atoms. The molecule has 1 unspecified atom stereocenters. The van der Waals surface area contributed by atoms with E-state index in [1.54, 1.807) is 6.07 Å². The van der Waals surface area contributed by atoms with Crippen LogP contribution in [0.4, 0.5) is 0 Å². The first-order valence-corrected chi connectivity index (χ1v) is 7.32. The lowest BCUT2D eigenvalue weighted by Crippen LogP contribution is -2.44. The van der Waals surface area contributed by atoms with Gasteiger partial charge in [0.25, 0.3) is 0 Å². The van der Waals surface area contributed by atoms with Crippen LogP contribution in [-0.4, -0.2) is 28.1 Å². The van der Waals surface area contributed by atoms with Crippen molar-refractivity contribution >= 4 is 29.2 Å². The highest BCUT2D eigenvalue weighted by molar-refractivity contribution is 6.42. The molecule has 0 aliphatic carbocycles. The van der Waals surface area contributed by atoms with Gasteiger partial charge in [0.15, 0.2) is 0 Å². The van der Waals surface area contributed by atoms with E-state index in [1.807, 2.05) is 19.1 Å². The zero-order valence-electron chi connectivity index (χ0n) is 12.3. The summed E-state index contributed by atoms with van der Waals surface area (Å²) in [4.78, 5) is 13.0. The van der Waals surface area contributed by atoms with Crippen molar-refractivity contribution in [1.29, 1.82) is 0 Å². The van der Waals surface area contributed by atoms with Crippen LogP contribution in [0.1, 0.15) is 45.7 Å². The van der Waals surface area contributed by atoms with Crippen molar-refractivity contribution < 1.29 is 9.90 Å². The number of hydrogen-bond donors (Lipinski definition) is 1. The van der Waals surface area contributed by atoms with Crippen LogP contribution in [0.15, 0.2) is 18.2 Å². The molecule has 0 saturated heterocycles. The maximum Gasteiger partial charge on any atom is 0.304 e. The van der Waals surface area contributed by atoms with Gasteiger partial charge in [0.2, 0.25) is 0 Å². The van der Waals surface area contributed by atoms with Gasteiger partial charge >= 0.3 is 5.97 Å². The Morgan fingerprint density at radius 3 is 2.45 bits per heavy atom. The maximum absolute atomic E-state index is 10.8. The second-order valence-corrected chi connectivity index (χ2v) is 6.61. The molecule has 1 rings (SSSR count). The van der Waals surface area contributed by atoms with Gasteiger partial charge in [0.05, 0.1) is 16.5 Å². The molecule has 112 valence electrons. The van der Waals surface area contributed by atoms with Crippen molar-refractivity contribution in [2.45, 2.75) is 45.7 Å². The van der Waals surface area contributed by atoms with Gasteiger partial charge in [-0.05, 0) is 39.3 Å². The predicted octanol–water partition coefficient (Wildman–Crippen LogP) is 4.63. The average molecular weight is 318 g/mol. The Morgan fingerprint density at radius 1 is 1.35 bits per heavy atom. The Bertz CT molecular complexity index is 483. The second kappa shape index (κ2) is 6.79. The minimum absolute atomic E-state index is 0.0134. The van der Waals surface area contributed by atoms with Crippen LogP contribution >= 0.6 is 23.2 Å². The summed E-state index contributed by atoms with van der Waals surface area (Å²) < 4.78 is 0. The van der Waals surface area contributed by atoms with Gasteiger partial charge in [0, 0.05) is 18.1 Å². The van der Waals surface area contributed by atoms with Gasteiger partial charge in [-0.1, -0.05) is 35.3 Å². The molecule has 0 fully saturated rings. The lowest BCUT2D eigenvalue weighted by Gasteiger charge is -2.40. The van der Waals surface area contributed by atoms with Crippen molar-refractivity contribution in [3.8, 4) is 0 Å². The molecule has 5 heteroatoms. The summed E-state index contributed by atoms with van der Waals surface area (Å²) in [6.45, 7) is 8.66. The molecule has 1 atom stereocenters. The van der Waals surface area contributed by atoms with E-state index in [4.69, 9.17) is 28.3 Å². The van der Waals surface area contributed by atoms with Crippen molar-refractivity contribution in [3.05, 3.63) is 33.8 Å². The van der Waals surface area contributed by atoms with Gasteiger partial charge in [-0.2, -0.15) is 0 Å². The third kappa shape index (κ3) is 4.37. The van der Waals surface area contributed by atoms with Gasteiger partial charge in [-0.3, -0.25) is 9.69 Å². The molecule has 0 heterocycles. The Kier molecular flexibility index (Phi) is 5.87. The molecule has 0 spiro atoms. The summed E-state index contributed by atoms with van der Waals surface area (Å²) in [7, 11) is 0. The molecule has 0 radical (unpaired) electrons. The van der Waals surface area contributed by atoms with Crippen LogP contribution in [0.5, 0.6) is 0 Å². The van der Waals surface area contributed by atoms with E-state index in [1.165, 1.54) is 0 Å². The highest BCUT2D eigenvalue weighted by Gasteiger charge is 2.28. The molecule has 0 amide bonds. The number of rotatable bonds is 5. The zero-order valence-corrected chi connectivity index (χ0v) is 13.8. The summed E-state index contributed by atoms with van der Waals surface area (Å²) in [5.41, 5.74) is 0.750. The normalized spacial score (nSPS) is 13.6. The largest absolute Gasteiger partial charge is 0.481 e. The number of aliphatic carboxylic acids is 1. The molecule has 0 aliphatic rings. The summed E-state index contributed by atoms with van der Waals surface area (Å²) in [5, 5.41) is 9.96. The van der Waals surface area contributed by atoms with Crippen LogP contribution in [-0.2, 0) is 4.79 Å². The quantitative estimate of drug-likeness (QED) is 0.860. The predicted molar refractivity (Wildman–Crippen MR) is 83.6 cm³/mol. The third-order valence-electron chi connectivity index (χ3n) is 3.33. The molecule has 1 aromatic rings. The number of carboxylic acids is 1. The molecule has 0 saturated carbocycles. The van der Waals surface area contributed by atoms with E-state index >= 15 is 0 Å². The van der Waals surface area contributed by atoms with Crippen molar-refractivity contribution in [2.24, 2.45) is 0 Å². The molecule has 3 nitrogen and oxygen atoms in total. The smallest absolute Gasteiger partial charge is 0.304 e. The number of halogens is 2. The van der Waals surface area contributed by atoms with Crippen LogP contribution in [0.3, 0.4) is 0 Å². The Labute approximate surface area is 130 Å². The van der Waals surface area contributed by atoms with E-state index in [-0.39, 0.29) is 18.0 Å². The van der Waals surface area contributed by atoms with Crippen molar-refractivity contribution in [2.75, 3.05) is 6.54 Å². The van der Waals surface area contributed by atoms with Gasteiger partial charge in [-0.25, -0.2) is 0 Å². The van der Waals surface area contributed by atoms with Crippen LogP contribution in [0.25, 0.3) is 0 Å². The minimum atomic E-state index is -0.802. The SMILES string of the molecule is CC(c1cccc(Cl)c1Cl)N(CCC(=O)O)C(C)(C)C. The molecule has 1 aromatic carbocycles. The first-order chi connectivity index (χ1) is 9.14. The Hall–Kier alpha value is -0.770. The fourth-order valence-electron chi connectivity index (χ4n) is 2.34. The Morgan fingerprint density at radius 2 is 1.95 bits per heavy atom. The van der Waals surface area contributed by atoms with Crippen molar-refractivity contribution in [1.82, 2.24) is 4.90 Å². The highest BCUT2D eigenvalue weighted by atomic mass is 35.5. The summed E-state index contributed by atoms with van der Waals surface area (Å²) >= 11 is 12.3. The Balaban J connectivity index is 3.07. The van der Waals surface area contributed by atoms with Crippen LogP contribution < -0.4 is 0 Å². The van der Waals surface area contributed by atoms with E-state index in [2.05, 4.69) is 25.7 Å². The highest BCUT2D eigenvalue weighted by Crippen LogP contribution is 2.35. The number of nitrogens with zero attached hydrogens (tertiary/aromatic N) is 1. The summed E-state index contributed by atoms with van der Waals surface area (Å²) in [5.74, 6) is -0.802. The average Bonchev–Trinajstić information content (AvgIpc) is 2.30. The molecular formula is C15H21Cl2NO2. The molecule has 0 bridgehead atoms. The van der Waals surface area contributed by atoms with E-state index in [0.29, 0.717) is 16.6 Å². The fourth-order valence-corrected chi connectivity index (χ4v) is 2.80. The molecule has 0 aliphatic heterocycles. The van der Waals surface area contributed by atoms with Gasteiger partial charge in [-0.15, -0.1) is 0 Å². The number of carboxylic acid groups (broad SMARTS) is 1. The third-order valence-corrected chi connectivity index (χ3v) is 4.16. The van der Waals surface area contributed by atoms with Crippen LogP contribution in [0.2, 0.25) is 10.0 Å². The molecular weight excluding hydrogens is 297 g/mol. The lowest BCUT2D eigenvalue weighted by atomic mass is 9.98. The van der Waals surface area contributed by atoms with Gasteiger partial charge in [0.1, 0.15) is 0 Å². The van der Waals surface area contributed by atoms with Crippen LogP contribution in [0, 0.1) is 0 Å². The number of hydrogen-bond acceptors (Lipinski definition) is 2. The monoisotopic (exact) mass is 317 g/mol. The van der Waals surface area contributed by atoms with E-state index in [9.17, 15) is 4.79 Å². The molecule has 1 N–H and O–H groups in total. The summed E-state index contributed by atoms with van der Waals surface area (Å²) in [6.07, 6.45) is 0.0970. The van der Waals surface area contributed by atoms with E-state index in [0.717, 1.165) is 5.56 Å². The fraction of sp³-hybridized carbons (Fsp3) is 0.533.